The van der Waals surface area contributed by atoms with E-state index in [0.717, 1.165) is 11.3 Å². The van der Waals surface area contributed by atoms with E-state index in [2.05, 4.69) is 5.32 Å². The standard InChI is InChI=1S/C15H24N2O2/c1-11(2)14(10-16)15(18)17-7-8-19-13-6-4-5-12(3)9-13/h4-6,9,11,14H,7-8,10,16H2,1-3H3,(H,17,18). The smallest absolute Gasteiger partial charge is 0.224 e. The largest absolute Gasteiger partial charge is 0.492 e. The highest BCUT2D eigenvalue weighted by atomic mass is 16.5. The second-order valence-electron chi connectivity index (χ2n) is 5.04. The maximum absolute atomic E-state index is 11.8. The topological polar surface area (TPSA) is 64.3 Å². The van der Waals surface area contributed by atoms with Gasteiger partial charge in [0.2, 0.25) is 5.91 Å². The molecule has 0 aromatic heterocycles. The molecule has 0 saturated heterocycles. The molecule has 1 unspecified atom stereocenters. The van der Waals surface area contributed by atoms with Gasteiger partial charge in [0.25, 0.3) is 0 Å². The number of nitrogens with one attached hydrogen (secondary N) is 1. The highest BCUT2D eigenvalue weighted by Crippen LogP contribution is 2.12. The molecule has 0 saturated carbocycles. The van der Waals surface area contributed by atoms with Crippen molar-refractivity contribution in [3.8, 4) is 5.75 Å². The van der Waals surface area contributed by atoms with Crippen LogP contribution < -0.4 is 15.8 Å². The van der Waals surface area contributed by atoms with E-state index in [9.17, 15) is 4.79 Å². The lowest BCUT2D eigenvalue weighted by atomic mass is 9.95. The van der Waals surface area contributed by atoms with Crippen molar-refractivity contribution in [2.24, 2.45) is 17.6 Å². The molecule has 106 valence electrons. The minimum absolute atomic E-state index is 0.00495. The van der Waals surface area contributed by atoms with E-state index in [1.54, 1.807) is 0 Å². The van der Waals surface area contributed by atoms with Crippen LogP contribution in [0.15, 0.2) is 24.3 Å². The number of rotatable bonds is 7. The summed E-state index contributed by atoms with van der Waals surface area (Å²) in [4.78, 5) is 11.8. The Morgan fingerprint density at radius 1 is 1.42 bits per heavy atom. The van der Waals surface area contributed by atoms with Gasteiger partial charge in [0.05, 0.1) is 12.5 Å². The first-order valence-corrected chi connectivity index (χ1v) is 6.72. The normalized spacial score (nSPS) is 12.3. The molecule has 3 N–H and O–H groups in total. The summed E-state index contributed by atoms with van der Waals surface area (Å²) in [7, 11) is 0. The molecule has 1 atom stereocenters. The fourth-order valence-electron chi connectivity index (χ4n) is 1.86. The number of benzene rings is 1. The van der Waals surface area contributed by atoms with Crippen molar-refractivity contribution in [2.75, 3.05) is 19.7 Å². The molecule has 0 aliphatic carbocycles. The van der Waals surface area contributed by atoms with Gasteiger partial charge in [-0.2, -0.15) is 0 Å². The number of ether oxygens (including phenoxy) is 1. The average Bonchev–Trinajstić information content (AvgIpc) is 2.35. The second-order valence-corrected chi connectivity index (χ2v) is 5.04. The zero-order valence-corrected chi connectivity index (χ0v) is 12.0. The Bertz CT molecular complexity index is 405. The molecule has 0 heterocycles. The quantitative estimate of drug-likeness (QED) is 0.737. The lowest BCUT2D eigenvalue weighted by Gasteiger charge is -2.18. The van der Waals surface area contributed by atoms with Gasteiger partial charge in [0.1, 0.15) is 12.4 Å². The Labute approximate surface area is 115 Å². The number of amides is 1. The van der Waals surface area contributed by atoms with Gasteiger partial charge in [-0.15, -0.1) is 0 Å². The Balaban J connectivity index is 2.29. The monoisotopic (exact) mass is 264 g/mol. The van der Waals surface area contributed by atoms with Crippen LogP contribution in [0, 0.1) is 18.8 Å². The maximum atomic E-state index is 11.8. The molecule has 0 fully saturated rings. The number of nitrogens with two attached hydrogens (primary N) is 1. The van der Waals surface area contributed by atoms with Crippen LogP contribution >= 0.6 is 0 Å². The fourth-order valence-corrected chi connectivity index (χ4v) is 1.86. The molecule has 4 nitrogen and oxygen atoms in total. The number of carbonyl (C=O) groups excluding carboxylic acids is 1. The molecular weight excluding hydrogens is 240 g/mol. The van der Waals surface area contributed by atoms with Gasteiger partial charge in [-0.05, 0) is 30.5 Å². The van der Waals surface area contributed by atoms with Crippen molar-refractivity contribution in [1.29, 1.82) is 0 Å². The summed E-state index contributed by atoms with van der Waals surface area (Å²) < 4.78 is 5.57. The van der Waals surface area contributed by atoms with E-state index in [0.29, 0.717) is 19.7 Å². The van der Waals surface area contributed by atoms with Crippen LogP contribution in [0.5, 0.6) is 5.75 Å². The number of hydrogen-bond donors (Lipinski definition) is 2. The lowest BCUT2D eigenvalue weighted by Crippen LogP contribution is -2.39. The summed E-state index contributed by atoms with van der Waals surface area (Å²) >= 11 is 0. The third kappa shape index (κ3) is 5.30. The number of aryl methyl sites for hydroxylation is 1. The molecule has 19 heavy (non-hydrogen) atoms. The third-order valence-corrected chi connectivity index (χ3v) is 3.06. The van der Waals surface area contributed by atoms with E-state index in [4.69, 9.17) is 10.5 Å². The summed E-state index contributed by atoms with van der Waals surface area (Å²) in [5.41, 5.74) is 6.75. The van der Waals surface area contributed by atoms with Crippen molar-refractivity contribution in [1.82, 2.24) is 5.32 Å². The highest BCUT2D eigenvalue weighted by Gasteiger charge is 2.19. The molecule has 4 heteroatoms. The molecule has 0 aliphatic heterocycles. The van der Waals surface area contributed by atoms with Crippen LogP contribution in [0.3, 0.4) is 0 Å². The maximum Gasteiger partial charge on any atom is 0.224 e. The van der Waals surface area contributed by atoms with Gasteiger partial charge in [-0.1, -0.05) is 26.0 Å². The first-order chi connectivity index (χ1) is 9.04. The van der Waals surface area contributed by atoms with E-state index in [-0.39, 0.29) is 17.7 Å². The Kier molecular flexibility index (Phi) is 6.36. The number of carbonyl (C=O) groups is 1. The van der Waals surface area contributed by atoms with Gasteiger partial charge < -0.3 is 15.8 Å². The molecule has 0 radical (unpaired) electrons. The van der Waals surface area contributed by atoms with Crippen molar-refractivity contribution in [2.45, 2.75) is 20.8 Å². The molecule has 1 rings (SSSR count). The van der Waals surface area contributed by atoms with Crippen LogP contribution in [0.25, 0.3) is 0 Å². The number of hydrogen-bond acceptors (Lipinski definition) is 3. The molecule has 0 aliphatic rings. The molecule has 0 bridgehead atoms. The van der Waals surface area contributed by atoms with Crippen molar-refractivity contribution in [3.05, 3.63) is 29.8 Å². The van der Waals surface area contributed by atoms with Gasteiger partial charge in [-0.3, -0.25) is 4.79 Å². The third-order valence-electron chi connectivity index (χ3n) is 3.06. The zero-order chi connectivity index (χ0) is 14.3. The predicted octanol–water partition coefficient (Wildman–Crippen LogP) is 1.72. The second kappa shape index (κ2) is 7.79. The van der Waals surface area contributed by atoms with Gasteiger partial charge >= 0.3 is 0 Å². The molecule has 1 aromatic carbocycles. The molecular formula is C15H24N2O2. The first-order valence-electron chi connectivity index (χ1n) is 6.72. The van der Waals surface area contributed by atoms with Crippen LogP contribution in [0.1, 0.15) is 19.4 Å². The van der Waals surface area contributed by atoms with Crippen LogP contribution in [-0.2, 0) is 4.79 Å². The molecule has 1 aromatic rings. The first kappa shape index (κ1) is 15.5. The lowest BCUT2D eigenvalue weighted by molar-refractivity contribution is -0.126. The van der Waals surface area contributed by atoms with Crippen LogP contribution in [0.2, 0.25) is 0 Å². The van der Waals surface area contributed by atoms with Gasteiger partial charge in [-0.25, -0.2) is 0 Å². The Morgan fingerprint density at radius 3 is 2.74 bits per heavy atom. The molecule has 0 spiro atoms. The summed E-state index contributed by atoms with van der Waals surface area (Å²) in [5.74, 6) is 0.959. The van der Waals surface area contributed by atoms with Gasteiger partial charge in [0, 0.05) is 6.54 Å². The van der Waals surface area contributed by atoms with Crippen molar-refractivity contribution in [3.63, 3.8) is 0 Å². The zero-order valence-electron chi connectivity index (χ0n) is 12.0. The summed E-state index contributed by atoms with van der Waals surface area (Å²) in [6.07, 6.45) is 0. The summed E-state index contributed by atoms with van der Waals surface area (Å²) in [6.45, 7) is 7.35. The Morgan fingerprint density at radius 2 is 2.16 bits per heavy atom. The minimum atomic E-state index is -0.126. The van der Waals surface area contributed by atoms with Crippen LogP contribution in [-0.4, -0.2) is 25.6 Å². The van der Waals surface area contributed by atoms with Crippen LogP contribution in [0.4, 0.5) is 0 Å². The molecule has 1 amide bonds. The summed E-state index contributed by atoms with van der Waals surface area (Å²) in [6, 6.07) is 7.85. The minimum Gasteiger partial charge on any atom is -0.492 e. The average molecular weight is 264 g/mol. The Hall–Kier alpha value is -1.55. The highest BCUT2D eigenvalue weighted by molar-refractivity contribution is 5.79. The van der Waals surface area contributed by atoms with E-state index >= 15 is 0 Å². The van der Waals surface area contributed by atoms with E-state index < -0.39 is 0 Å². The van der Waals surface area contributed by atoms with E-state index in [1.807, 2.05) is 45.0 Å². The van der Waals surface area contributed by atoms with E-state index in [1.165, 1.54) is 0 Å². The van der Waals surface area contributed by atoms with Crippen molar-refractivity contribution < 1.29 is 9.53 Å². The fraction of sp³-hybridized carbons (Fsp3) is 0.533. The predicted molar refractivity (Wildman–Crippen MR) is 77.1 cm³/mol. The van der Waals surface area contributed by atoms with Gasteiger partial charge in [0.15, 0.2) is 0 Å². The SMILES string of the molecule is Cc1cccc(OCCNC(=O)C(CN)C(C)C)c1. The summed E-state index contributed by atoms with van der Waals surface area (Å²) in [5, 5.41) is 2.86. The van der Waals surface area contributed by atoms with Crippen molar-refractivity contribution >= 4 is 5.91 Å².